The number of carbonyl (C=O) groups is 3. The van der Waals surface area contributed by atoms with Gasteiger partial charge in [0, 0.05) is 28.3 Å². The highest BCUT2D eigenvalue weighted by Gasteiger charge is 2.57. The summed E-state index contributed by atoms with van der Waals surface area (Å²) in [6, 6.07) is 13.7. The topological polar surface area (TPSA) is 110 Å². The summed E-state index contributed by atoms with van der Waals surface area (Å²) in [6.07, 6.45) is 2.14. The summed E-state index contributed by atoms with van der Waals surface area (Å²) in [5.41, 5.74) is 1.02. The number of thiophene rings is 1. The Bertz CT molecular complexity index is 1590. The van der Waals surface area contributed by atoms with Crippen molar-refractivity contribution < 1.29 is 27.5 Å². The highest BCUT2D eigenvalue weighted by atomic mass is 35.5. The standard InChI is InChI=1S/C29H29ClN2O6S2/c1-18-12-23(19-6-3-8-21(13-19)40(2,36)37)24(30)14-22(18)26-27(34)29(38-28(26)35)9-5-10-32(17-29)16-25(33)31-15-20-7-4-11-39-20/h3-4,6-8,11-14,26H,5,9-10,15-17H2,1-2H3,(H,31,33). The Morgan fingerprint density at radius 2 is 2.00 bits per heavy atom. The summed E-state index contributed by atoms with van der Waals surface area (Å²) in [4.78, 5) is 42.6. The number of rotatable bonds is 7. The summed E-state index contributed by atoms with van der Waals surface area (Å²) >= 11 is 8.20. The van der Waals surface area contributed by atoms with Crippen LogP contribution in [0.25, 0.3) is 11.1 Å². The number of nitrogens with one attached hydrogen (secondary N) is 1. The zero-order valence-electron chi connectivity index (χ0n) is 22.1. The molecule has 11 heteroatoms. The number of nitrogens with zero attached hydrogens (tertiary/aromatic N) is 1. The SMILES string of the molecule is Cc1cc(-c2cccc(S(C)(=O)=O)c2)c(Cl)cc1C1C(=O)OC2(CCCN(CC(=O)NCc3cccs3)C2)C1=O. The van der Waals surface area contributed by atoms with Crippen LogP contribution in [-0.4, -0.2) is 62.5 Å². The number of ketones is 1. The average molecular weight is 601 g/mol. The molecule has 2 fully saturated rings. The Kier molecular flexibility index (Phi) is 7.89. The van der Waals surface area contributed by atoms with Gasteiger partial charge in [-0.05, 0) is 78.7 Å². The first-order valence-corrected chi connectivity index (χ1v) is 16.0. The van der Waals surface area contributed by atoms with Crippen molar-refractivity contribution in [3.05, 3.63) is 74.9 Å². The number of hydrogen-bond donors (Lipinski definition) is 1. The zero-order chi connectivity index (χ0) is 28.7. The number of aryl methyl sites for hydroxylation is 1. The number of amides is 1. The molecule has 40 heavy (non-hydrogen) atoms. The number of sulfone groups is 1. The van der Waals surface area contributed by atoms with Crippen LogP contribution in [0.1, 0.15) is 34.8 Å². The molecule has 2 saturated heterocycles. The van der Waals surface area contributed by atoms with Crippen LogP contribution in [0, 0.1) is 6.92 Å². The summed E-state index contributed by atoms with van der Waals surface area (Å²) in [7, 11) is -3.41. The molecule has 2 aliphatic heterocycles. The van der Waals surface area contributed by atoms with Crippen molar-refractivity contribution >= 4 is 50.4 Å². The molecule has 3 aromatic rings. The van der Waals surface area contributed by atoms with Crippen molar-refractivity contribution in [2.45, 2.75) is 42.7 Å². The lowest BCUT2D eigenvalue weighted by Gasteiger charge is -2.37. The molecule has 1 N–H and O–H groups in total. The number of Topliss-reactive ketones (excluding diaryl/α,β-unsaturated/α-hetero) is 1. The van der Waals surface area contributed by atoms with Gasteiger partial charge in [-0.1, -0.05) is 29.8 Å². The highest BCUT2D eigenvalue weighted by molar-refractivity contribution is 7.90. The van der Waals surface area contributed by atoms with Gasteiger partial charge in [0.15, 0.2) is 21.2 Å². The smallest absolute Gasteiger partial charge is 0.322 e. The predicted octanol–water partition coefficient (Wildman–Crippen LogP) is 4.14. The second kappa shape index (κ2) is 11.1. The van der Waals surface area contributed by atoms with E-state index in [0.29, 0.717) is 53.2 Å². The maximum atomic E-state index is 13.8. The van der Waals surface area contributed by atoms with Gasteiger partial charge < -0.3 is 10.1 Å². The molecule has 0 bridgehead atoms. The Labute approximate surface area is 242 Å². The molecule has 5 rings (SSSR count). The second-order valence-corrected chi connectivity index (χ2v) is 13.8. The van der Waals surface area contributed by atoms with Crippen molar-refractivity contribution in [2.24, 2.45) is 0 Å². The van der Waals surface area contributed by atoms with E-state index in [0.717, 1.165) is 11.1 Å². The molecule has 1 amide bonds. The van der Waals surface area contributed by atoms with Crippen LogP contribution < -0.4 is 5.32 Å². The molecule has 2 aliphatic rings. The number of hydrogen-bond acceptors (Lipinski definition) is 8. The molecule has 1 spiro atoms. The molecular formula is C29H29ClN2O6S2. The van der Waals surface area contributed by atoms with Crippen molar-refractivity contribution in [1.29, 1.82) is 0 Å². The third-order valence-corrected chi connectivity index (χ3v) is 9.72. The van der Waals surface area contributed by atoms with Gasteiger partial charge in [0.1, 0.15) is 5.92 Å². The molecule has 1 aromatic heterocycles. The van der Waals surface area contributed by atoms with Crippen LogP contribution in [0.4, 0.5) is 0 Å². The lowest BCUT2D eigenvalue weighted by Crippen LogP contribution is -2.54. The fourth-order valence-electron chi connectivity index (χ4n) is 5.45. The van der Waals surface area contributed by atoms with Crippen LogP contribution in [0.2, 0.25) is 5.02 Å². The molecule has 2 atom stereocenters. The zero-order valence-corrected chi connectivity index (χ0v) is 24.5. The first kappa shape index (κ1) is 28.5. The van der Waals surface area contributed by atoms with Crippen molar-refractivity contribution in [3.63, 3.8) is 0 Å². The molecular weight excluding hydrogens is 572 g/mol. The Morgan fingerprint density at radius 1 is 1.20 bits per heavy atom. The third kappa shape index (κ3) is 5.72. The summed E-state index contributed by atoms with van der Waals surface area (Å²) in [6.45, 7) is 3.11. The van der Waals surface area contributed by atoms with Crippen LogP contribution in [-0.2, 0) is 35.5 Å². The van der Waals surface area contributed by atoms with Crippen LogP contribution in [0.3, 0.4) is 0 Å². The summed E-state index contributed by atoms with van der Waals surface area (Å²) < 4.78 is 29.9. The van der Waals surface area contributed by atoms with Gasteiger partial charge in [-0.15, -0.1) is 11.3 Å². The predicted molar refractivity (Wildman–Crippen MR) is 153 cm³/mol. The van der Waals surface area contributed by atoms with E-state index in [4.69, 9.17) is 16.3 Å². The Balaban J connectivity index is 1.34. The summed E-state index contributed by atoms with van der Waals surface area (Å²) in [5.74, 6) is -2.23. The van der Waals surface area contributed by atoms with Crippen LogP contribution >= 0.6 is 22.9 Å². The van der Waals surface area contributed by atoms with Gasteiger partial charge in [0.25, 0.3) is 0 Å². The Hall–Kier alpha value is -3.05. The number of piperidine rings is 1. The minimum Gasteiger partial charge on any atom is -0.449 e. The molecule has 0 saturated carbocycles. The van der Waals surface area contributed by atoms with E-state index >= 15 is 0 Å². The first-order chi connectivity index (χ1) is 19.0. The van der Waals surface area contributed by atoms with Gasteiger partial charge in [-0.2, -0.15) is 0 Å². The van der Waals surface area contributed by atoms with Crippen LogP contribution in [0.5, 0.6) is 0 Å². The highest BCUT2D eigenvalue weighted by Crippen LogP contribution is 2.43. The van der Waals surface area contributed by atoms with E-state index in [2.05, 4.69) is 5.32 Å². The van der Waals surface area contributed by atoms with Crippen LogP contribution in [0.15, 0.2) is 58.8 Å². The van der Waals surface area contributed by atoms with Crippen molar-refractivity contribution in [1.82, 2.24) is 10.2 Å². The fourth-order valence-corrected chi connectivity index (χ4v) is 7.04. The van der Waals surface area contributed by atoms with E-state index in [-0.39, 0.29) is 29.7 Å². The fraction of sp³-hybridized carbons (Fsp3) is 0.345. The molecule has 2 aromatic carbocycles. The van der Waals surface area contributed by atoms with E-state index in [9.17, 15) is 22.8 Å². The van der Waals surface area contributed by atoms with Crippen molar-refractivity contribution in [2.75, 3.05) is 25.9 Å². The first-order valence-electron chi connectivity index (χ1n) is 12.9. The normalized spacial score (nSPS) is 21.5. The van der Waals surface area contributed by atoms with E-state index in [1.165, 1.54) is 6.07 Å². The van der Waals surface area contributed by atoms with Gasteiger partial charge in [-0.3, -0.25) is 19.3 Å². The number of benzene rings is 2. The number of carbonyl (C=O) groups excluding carboxylic acids is 3. The quantitative estimate of drug-likeness (QED) is 0.321. The van der Waals surface area contributed by atoms with Crippen molar-refractivity contribution in [3.8, 4) is 11.1 Å². The molecule has 2 unspecified atom stereocenters. The summed E-state index contributed by atoms with van der Waals surface area (Å²) in [5, 5.41) is 5.14. The molecule has 8 nitrogen and oxygen atoms in total. The molecule has 210 valence electrons. The number of ether oxygens (including phenoxy) is 1. The lowest BCUT2D eigenvalue weighted by molar-refractivity contribution is -0.157. The molecule has 0 radical (unpaired) electrons. The van der Waals surface area contributed by atoms with E-state index in [1.807, 2.05) is 22.4 Å². The van der Waals surface area contributed by atoms with Gasteiger partial charge in [-0.25, -0.2) is 8.42 Å². The monoisotopic (exact) mass is 600 g/mol. The second-order valence-electron chi connectivity index (χ2n) is 10.4. The minimum absolute atomic E-state index is 0.106. The molecule has 0 aliphatic carbocycles. The largest absolute Gasteiger partial charge is 0.449 e. The number of halogens is 1. The van der Waals surface area contributed by atoms with Gasteiger partial charge in [0.05, 0.1) is 18.0 Å². The van der Waals surface area contributed by atoms with E-state index in [1.54, 1.807) is 48.6 Å². The lowest BCUT2D eigenvalue weighted by atomic mass is 9.81. The minimum atomic E-state index is -3.41. The van der Waals surface area contributed by atoms with E-state index < -0.39 is 27.3 Å². The maximum Gasteiger partial charge on any atom is 0.322 e. The number of likely N-dealkylation sites (tertiary alicyclic amines) is 1. The average Bonchev–Trinajstić information content (AvgIpc) is 3.50. The van der Waals surface area contributed by atoms with Gasteiger partial charge in [0.2, 0.25) is 5.91 Å². The Morgan fingerprint density at radius 3 is 2.73 bits per heavy atom. The molecule has 3 heterocycles. The number of esters is 1. The van der Waals surface area contributed by atoms with Gasteiger partial charge >= 0.3 is 5.97 Å². The maximum absolute atomic E-state index is 13.8. The third-order valence-electron chi connectivity index (χ3n) is 7.42.